The molecule has 56 valence electrons. The topological polar surface area (TPSA) is 40.5 Å². The van der Waals surface area contributed by atoms with E-state index in [1.165, 1.54) is 4.90 Å². The molecule has 0 heterocycles. The van der Waals surface area contributed by atoms with Gasteiger partial charge in [-0.1, -0.05) is 6.92 Å². The zero-order valence-electron chi connectivity index (χ0n) is 6.34. The van der Waals surface area contributed by atoms with Crippen LogP contribution in [0.2, 0.25) is 0 Å². The fourth-order valence-electron chi connectivity index (χ4n) is 0.594. The average Bonchev–Trinajstić information content (AvgIpc) is 1.88. The van der Waals surface area contributed by atoms with Crippen molar-refractivity contribution in [1.29, 1.82) is 0 Å². The van der Waals surface area contributed by atoms with Crippen molar-refractivity contribution in [2.45, 2.75) is 13.3 Å². The van der Waals surface area contributed by atoms with Crippen LogP contribution in [0.1, 0.15) is 13.3 Å². The maximum atomic E-state index is 9.97. The average molecular weight is 397 g/mol. The molecule has 0 aromatic rings. The van der Waals surface area contributed by atoms with Gasteiger partial charge in [0.25, 0.3) is 0 Å². The zero-order valence-corrected chi connectivity index (χ0v) is 12.7. The Hall–Kier alpha value is -1.57. The summed E-state index contributed by atoms with van der Waals surface area (Å²) < 4.78 is 0. The van der Waals surface area contributed by atoms with E-state index in [4.69, 9.17) is 5.11 Å². The van der Waals surface area contributed by atoms with Gasteiger partial charge in [0.15, 0.2) is 0 Å². The van der Waals surface area contributed by atoms with Gasteiger partial charge in [0.2, 0.25) is 0 Å². The van der Waals surface area contributed by atoms with Crippen molar-refractivity contribution in [2.24, 2.45) is 0 Å². The van der Waals surface area contributed by atoms with Crippen LogP contribution in [-0.4, -0.2) is 36.1 Å². The maximum absolute atomic E-state index is 9.97. The number of nitrogens with zero attached hydrogens (tertiary/aromatic N) is 1. The first-order valence-corrected chi connectivity index (χ1v) is 3.08. The molecular weight excluding hydrogens is 385 g/mol. The fourth-order valence-corrected chi connectivity index (χ4v) is 0.594. The maximum Gasteiger partial charge on any atom is 0.0581 e. The van der Waals surface area contributed by atoms with E-state index in [1.807, 2.05) is 6.92 Å². The van der Waals surface area contributed by atoms with Gasteiger partial charge in [0, 0.05) is 6.54 Å². The Morgan fingerprint density at radius 3 is 2.40 bits per heavy atom. The van der Waals surface area contributed by atoms with Crippen molar-refractivity contribution in [2.75, 3.05) is 19.7 Å². The van der Waals surface area contributed by atoms with Crippen molar-refractivity contribution in [3.8, 4) is 0 Å². The quantitative estimate of drug-likeness (QED) is 0.514. The Morgan fingerprint density at radius 1 is 1.50 bits per heavy atom. The van der Waals surface area contributed by atoms with Crippen LogP contribution in [0.4, 0.5) is 0 Å². The number of aliphatic hydroxyl groups excluding tert-OH is 1. The number of carbonyl (C=O) groups excluding carboxylic acids is 1. The second-order valence-electron chi connectivity index (χ2n) is 1.80. The number of amides is 1. The second kappa shape index (κ2) is 7.43. The third-order valence-corrected chi connectivity index (χ3v) is 0.993. The van der Waals surface area contributed by atoms with Gasteiger partial charge in [-0.25, -0.2) is 0 Å². The molecule has 3 nitrogen and oxygen atoms in total. The molecular formula is C6H12NO2Rf-. The van der Waals surface area contributed by atoms with E-state index in [-0.39, 0.29) is 6.61 Å². The summed E-state index contributed by atoms with van der Waals surface area (Å²) >= 11 is 0. The molecule has 4 heteroatoms. The van der Waals surface area contributed by atoms with Gasteiger partial charge < -0.3 is 14.8 Å². The summed E-state index contributed by atoms with van der Waals surface area (Å²) in [6.07, 6.45) is 2.64. The van der Waals surface area contributed by atoms with Crippen LogP contribution in [0.15, 0.2) is 0 Å². The minimum Gasteiger partial charge on any atom is -0.520 e. The molecule has 0 fully saturated rings. The molecule has 0 unspecified atom stereocenters. The van der Waals surface area contributed by atoms with Crippen molar-refractivity contribution in [3.05, 3.63) is 0 Å². The smallest absolute Gasteiger partial charge is 0.0581 e. The van der Waals surface area contributed by atoms with E-state index < -0.39 is 0 Å². The van der Waals surface area contributed by atoms with Crippen molar-refractivity contribution >= 4 is 6.41 Å². The first kappa shape index (κ1) is 11.3. The summed E-state index contributed by atoms with van der Waals surface area (Å²) in [7, 11) is 0. The number of hydrogen-bond donors (Lipinski definition) is 1. The number of hydrogen-bond acceptors (Lipinski definition) is 2. The first-order chi connectivity index (χ1) is 4.35. The van der Waals surface area contributed by atoms with Crippen LogP contribution in [-0.2, 0) is 4.79 Å². The van der Waals surface area contributed by atoms with Crippen molar-refractivity contribution in [3.63, 3.8) is 0 Å². The Balaban J connectivity index is 0. The van der Waals surface area contributed by atoms with Crippen LogP contribution >= 0.6 is 0 Å². The predicted octanol–water partition coefficient (Wildman–Crippen LogP) is -0.242. The van der Waals surface area contributed by atoms with Gasteiger partial charge in [-0.15, -0.1) is 0 Å². The summed E-state index contributed by atoms with van der Waals surface area (Å²) in [5.41, 5.74) is 0. The molecule has 0 aromatic heterocycles. The predicted molar refractivity (Wildman–Crippen MR) is 34.6 cm³/mol. The molecule has 0 saturated carbocycles. The molecule has 0 spiro atoms. The number of rotatable bonds is 5. The van der Waals surface area contributed by atoms with E-state index in [0.717, 1.165) is 6.42 Å². The Labute approximate surface area is 55.3 Å². The largest absolute Gasteiger partial charge is 0.520 e. The second-order valence-corrected chi connectivity index (χ2v) is 1.80. The molecule has 0 aromatic carbocycles. The Morgan fingerprint density at radius 2 is 2.10 bits per heavy atom. The summed E-state index contributed by atoms with van der Waals surface area (Å²) in [4.78, 5) is 11.4. The van der Waals surface area contributed by atoms with Crippen LogP contribution in [0, 0.1) is 0 Å². The summed E-state index contributed by atoms with van der Waals surface area (Å²) in [6.45, 7) is 3.08. The molecule has 0 atom stereocenters. The minimum absolute atomic E-state index is 0. The van der Waals surface area contributed by atoms with Crippen LogP contribution in [0.5, 0.6) is 0 Å². The molecule has 0 saturated heterocycles. The number of aliphatic hydroxyl groups is 1. The third kappa shape index (κ3) is 4.59. The van der Waals surface area contributed by atoms with Crippen LogP contribution < -0.4 is 0 Å². The van der Waals surface area contributed by atoms with Crippen molar-refractivity contribution in [1.82, 2.24) is 4.90 Å². The monoisotopic (exact) mass is 397 g/mol. The van der Waals surface area contributed by atoms with Gasteiger partial charge in [0.05, 0.1) is 6.61 Å². The van der Waals surface area contributed by atoms with E-state index in [2.05, 4.69) is 0 Å². The van der Waals surface area contributed by atoms with Crippen molar-refractivity contribution < 1.29 is 9.90 Å². The summed E-state index contributed by atoms with van der Waals surface area (Å²) in [5, 5.41) is 8.37. The van der Waals surface area contributed by atoms with Gasteiger partial charge in [-0.05, 0) is 13.0 Å². The molecule has 10 heavy (non-hydrogen) atoms. The normalized spacial score (nSPS) is 8.20. The molecule has 0 aliphatic rings. The van der Waals surface area contributed by atoms with E-state index in [0.29, 0.717) is 13.1 Å². The fraction of sp³-hybridized carbons (Fsp3) is 0.833. The Bertz CT molecular complexity index is 74.1. The molecule has 1 N–H and O–H groups in total. The van der Waals surface area contributed by atoms with E-state index >= 15 is 0 Å². The molecule has 0 aliphatic heterocycles. The van der Waals surface area contributed by atoms with Crippen LogP contribution in [0.3, 0.4) is 0 Å². The van der Waals surface area contributed by atoms with E-state index in [9.17, 15) is 4.79 Å². The summed E-state index contributed by atoms with van der Waals surface area (Å²) in [5.74, 6) is 0. The Kier molecular flexibility index (Phi) is 8.36. The minimum atomic E-state index is 0. The standard InChI is InChI=1S/C6H12NO2.Rf/c1-2-3-7(6-9)4-5-8;/h8H,2-5H2,1H3;/q-1;. The van der Waals surface area contributed by atoms with Gasteiger partial charge in [0.1, 0.15) is 0 Å². The molecule has 0 radical (unpaired) electrons. The molecule has 0 bridgehead atoms. The molecule has 1 amide bonds. The van der Waals surface area contributed by atoms with Gasteiger partial charge in [-0.2, -0.15) is 6.41 Å². The SMILES string of the molecule is CCCN([C-]=O)CCO.[Rf]. The first-order valence-electron chi connectivity index (χ1n) is 3.08. The third-order valence-electron chi connectivity index (χ3n) is 0.993. The summed E-state index contributed by atoms with van der Waals surface area (Å²) in [6, 6.07) is 0. The zero-order chi connectivity index (χ0) is 7.11. The molecule has 0 rings (SSSR count). The van der Waals surface area contributed by atoms with Gasteiger partial charge >= 0.3 is 0 Å². The molecule has 0 aliphatic carbocycles. The van der Waals surface area contributed by atoms with Crippen LogP contribution in [0.25, 0.3) is 0 Å². The van der Waals surface area contributed by atoms with E-state index in [1.54, 1.807) is 6.41 Å². The van der Waals surface area contributed by atoms with Gasteiger partial charge in [-0.3, -0.25) is 0 Å².